The van der Waals surface area contributed by atoms with Gasteiger partial charge in [0.25, 0.3) is 0 Å². The first kappa shape index (κ1) is 20.4. The van der Waals surface area contributed by atoms with Crippen LogP contribution in [0.15, 0.2) is 53.9 Å². The van der Waals surface area contributed by atoms with E-state index in [1.54, 1.807) is 24.2 Å². The Balaban J connectivity index is 1.27. The molecule has 154 valence electrons. The fourth-order valence-electron chi connectivity index (χ4n) is 4.41. The van der Waals surface area contributed by atoms with Crippen molar-refractivity contribution in [3.8, 4) is 0 Å². The summed E-state index contributed by atoms with van der Waals surface area (Å²) in [6.07, 6.45) is 11.2. The maximum absolute atomic E-state index is 13.1. The molecule has 1 aliphatic heterocycles. The van der Waals surface area contributed by atoms with Crippen molar-refractivity contribution in [3.05, 3.63) is 54.4 Å². The lowest BCUT2D eigenvalue weighted by Crippen LogP contribution is -2.52. The van der Waals surface area contributed by atoms with E-state index in [4.69, 9.17) is 0 Å². The fraction of sp³-hybridized carbons (Fsp3) is 0.522. The number of aromatic nitrogens is 2. The van der Waals surface area contributed by atoms with Crippen molar-refractivity contribution < 1.29 is 4.79 Å². The van der Waals surface area contributed by atoms with Gasteiger partial charge in [-0.15, -0.1) is 0 Å². The smallest absolute Gasteiger partial charge is 0.237 e. The normalized spacial score (nSPS) is 25.4. The van der Waals surface area contributed by atoms with Gasteiger partial charge < -0.3 is 5.32 Å². The van der Waals surface area contributed by atoms with E-state index in [0.29, 0.717) is 11.3 Å². The van der Waals surface area contributed by atoms with Crippen LogP contribution in [0.25, 0.3) is 0 Å². The van der Waals surface area contributed by atoms with Gasteiger partial charge in [0.15, 0.2) is 5.16 Å². The van der Waals surface area contributed by atoms with Crippen LogP contribution >= 0.6 is 11.8 Å². The largest absolute Gasteiger partial charge is 0.352 e. The molecule has 6 heteroatoms. The van der Waals surface area contributed by atoms with Crippen molar-refractivity contribution in [2.24, 2.45) is 0 Å². The van der Waals surface area contributed by atoms with Gasteiger partial charge in [-0.25, -0.2) is 9.97 Å². The summed E-state index contributed by atoms with van der Waals surface area (Å²) in [5.41, 5.74) is 1.29. The van der Waals surface area contributed by atoms with E-state index >= 15 is 0 Å². The molecule has 1 atom stereocenters. The van der Waals surface area contributed by atoms with Gasteiger partial charge in [0.1, 0.15) is 0 Å². The maximum Gasteiger partial charge on any atom is 0.237 e. The van der Waals surface area contributed by atoms with Gasteiger partial charge >= 0.3 is 0 Å². The predicted octanol–water partition coefficient (Wildman–Crippen LogP) is 4.05. The zero-order chi connectivity index (χ0) is 19.9. The second-order valence-corrected chi connectivity index (χ2v) is 9.37. The van der Waals surface area contributed by atoms with Crippen LogP contribution < -0.4 is 5.32 Å². The summed E-state index contributed by atoms with van der Waals surface area (Å²) in [5, 5.41) is 4.78. The first-order chi connectivity index (χ1) is 14.3. The quantitative estimate of drug-likeness (QED) is 0.728. The molecular formula is C23H30N4OS. The number of hydrogen-bond acceptors (Lipinski definition) is 5. The molecule has 1 aliphatic carbocycles. The van der Waals surface area contributed by atoms with Crippen LogP contribution in [-0.2, 0) is 11.3 Å². The average Bonchev–Trinajstić information content (AvgIpc) is 2.77. The zero-order valence-corrected chi connectivity index (χ0v) is 17.7. The van der Waals surface area contributed by atoms with Crippen molar-refractivity contribution >= 4 is 17.7 Å². The number of rotatable bonds is 6. The van der Waals surface area contributed by atoms with Gasteiger partial charge in [-0.3, -0.25) is 9.69 Å². The Hall–Kier alpha value is -1.92. The zero-order valence-electron chi connectivity index (χ0n) is 16.9. The third-order valence-corrected chi connectivity index (χ3v) is 7.21. The Bertz CT molecular complexity index is 765. The van der Waals surface area contributed by atoms with Crippen molar-refractivity contribution in [2.45, 2.75) is 74.0 Å². The molecule has 2 aromatic rings. The number of likely N-dealkylation sites (tertiary alicyclic amines) is 1. The molecule has 1 N–H and O–H groups in total. The Morgan fingerprint density at radius 2 is 1.76 bits per heavy atom. The molecule has 1 saturated heterocycles. The van der Waals surface area contributed by atoms with E-state index in [1.165, 1.54) is 12.0 Å². The number of carbonyl (C=O) groups is 1. The van der Waals surface area contributed by atoms with Gasteiger partial charge in [0.2, 0.25) is 5.91 Å². The summed E-state index contributed by atoms with van der Waals surface area (Å²) in [6.45, 7) is 1.87. The van der Waals surface area contributed by atoms with Crippen LogP contribution in [0.5, 0.6) is 0 Å². The summed E-state index contributed by atoms with van der Waals surface area (Å²) < 4.78 is 0. The predicted molar refractivity (Wildman–Crippen MR) is 117 cm³/mol. The summed E-state index contributed by atoms with van der Waals surface area (Å²) in [4.78, 5) is 24.1. The number of carbonyl (C=O) groups excluding carboxylic acids is 1. The van der Waals surface area contributed by atoms with Gasteiger partial charge in [0, 0.05) is 30.2 Å². The lowest BCUT2D eigenvalue weighted by Gasteiger charge is -2.36. The molecular weight excluding hydrogens is 380 g/mol. The highest BCUT2D eigenvalue weighted by Crippen LogP contribution is 2.32. The lowest BCUT2D eigenvalue weighted by atomic mass is 9.94. The van der Waals surface area contributed by atoms with Crippen LogP contribution in [0.4, 0.5) is 0 Å². The number of hydrogen-bond donors (Lipinski definition) is 1. The summed E-state index contributed by atoms with van der Waals surface area (Å²) in [7, 11) is 0. The molecule has 0 bridgehead atoms. The number of nitrogens with one attached hydrogen (secondary N) is 1. The molecule has 1 aromatic carbocycles. The van der Waals surface area contributed by atoms with Crippen molar-refractivity contribution in [1.29, 1.82) is 0 Å². The topological polar surface area (TPSA) is 58.1 Å². The van der Waals surface area contributed by atoms with E-state index in [-0.39, 0.29) is 11.9 Å². The van der Waals surface area contributed by atoms with Crippen LogP contribution in [0.3, 0.4) is 0 Å². The maximum atomic E-state index is 13.1. The average molecular weight is 411 g/mol. The lowest BCUT2D eigenvalue weighted by molar-refractivity contribution is -0.128. The Morgan fingerprint density at radius 1 is 1.00 bits per heavy atom. The molecule has 1 amide bonds. The van der Waals surface area contributed by atoms with Crippen molar-refractivity contribution in [3.63, 3.8) is 0 Å². The third-order valence-electron chi connectivity index (χ3n) is 5.98. The highest BCUT2D eigenvalue weighted by atomic mass is 32.2. The number of thioether (sulfide) groups is 1. The number of benzene rings is 1. The van der Waals surface area contributed by atoms with Crippen LogP contribution in [0, 0.1) is 0 Å². The van der Waals surface area contributed by atoms with Crippen LogP contribution in [0.2, 0.25) is 0 Å². The molecule has 4 rings (SSSR count). The minimum absolute atomic E-state index is 0.00812. The van der Waals surface area contributed by atoms with Crippen molar-refractivity contribution in [2.75, 3.05) is 6.54 Å². The van der Waals surface area contributed by atoms with Crippen molar-refractivity contribution in [1.82, 2.24) is 20.2 Å². The molecule has 5 nitrogen and oxygen atoms in total. The molecule has 0 spiro atoms. The van der Waals surface area contributed by atoms with Crippen LogP contribution in [0.1, 0.15) is 50.5 Å². The molecule has 1 aromatic heterocycles. The van der Waals surface area contributed by atoms with Gasteiger partial charge in [-0.05, 0) is 56.7 Å². The number of nitrogens with zero attached hydrogens (tertiary/aromatic N) is 3. The summed E-state index contributed by atoms with van der Waals surface area (Å²) in [6, 6.07) is 12.7. The SMILES string of the molecule is O=C(NC1CCC(Sc2ncccn2)CC1)C1CCCCN1Cc1ccccc1. The van der Waals surface area contributed by atoms with E-state index in [9.17, 15) is 4.79 Å². The Labute approximate surface area is 177 Å². The number of amides is 1. The highest BCUT2D eigenvalue weighted by molar-refractivity contribution is 7.99. The first-order valence-electron chi connectivity index (χ1n) is 10.8. The summed E-state index contributed by atoms with van der Waals surface area (Å²) in [5.74, 6) is 0.225. The molecule has 1 saturated carbocycles. The van der Waals surface area contributed by atoms with E-state index < -0.39 is 0 Å². The highest BCUT2D eigenvalue weighted by Gasteiger charge is 2.31. The Kier molecular flexibility index (Phi) is 7.17. The molecule has 1 unspecified atom stereocenters. The van der Waals surface area contributed by atoms with Gasteiger partial charge in [-0.2, -0.15) is 0 Å². The molecule has 29 heavy (non-hydrogen) atoms. The minimum Gasteiger partial charge on any atom is -0.352 e. The number of piperidine rings is 1. The fourth-order valence-corrected chi connectivity index (χ4v) is 5.46. The summed E-state index contributed by atoms with van der Waals surface area (Å²) >= 11 is 1.77. The molecule has 0 radical (unpaired) electrons. The van der Waals surface area contributed by atoms with Crippen LogP contribution in [-0.4, -0.2) is 44.7 Å². The third kappa shape index (κ3) is 5.80. The van der Waals surface area contributed by atoms with Gasteiger partial charge in [-0.1, -0.05) is 48.5 Å². The molecule has 2 heterocycles. The Morgan fingerprint density at radius 3 is 2.52 bits per heavy atom. The first-order valence-corrected chi connectivity index (χ1v) is 11.7. The van der Waals surface area contributed by atoms with Gasteiger partial charge in [0.05, 0.1) is 6.04 Å². The van der Waals surface area contributed by atoms with E-state index in [1.807, 2.05) is 12.1 Å². The molecule has 2 fully saturated rings. The standard InChI is InChI=1S/C23H30N4OS/c28-22(21-9-4-5-16-27(21)17-18-7-2-1-3-8-18)26-19-10-12-20(13-11-19)29-23-24-14-6-15-25-23/h1-3,6-8,14-15,19-21H,4-5,9-13,16-17H2,(H,26,28). The van der Waals surface area contributed by atoms with E-state index in [0.717, 1.165) is 56.8 Å². The second kappa shape index (κ2) is 10.2. The molecule has 2 aliphatic rings. The van der Waals surface area contributed by atoms with E-state index in [2.05, 4.69) is 44.5 Å². The minimum atomic E-state index is 0.00812. The monoisotopic (exact) mass is 410 g/mol. The second-order valence-electron chi connectivity index (χ2n) is 8.10.